The van der Waals surface area contributed by atoms with Crippen molar-refractivity contribution in [3.8, 4) is 5.75 Å². The Labute approximate surface area is 190 Å². The SMILES string of the molecule is C[C@H](NC(=O)OC(C)(C)C)C(=O)N1CC[C@@H]2O[C@@H]3c4ccccc4OC(C)(C)[C@H]3C[C@@H]2C1. The van der Waals surface area contributed by atoms with Crippen molar-refractivity contribution >= 4 is 12.0 Å². The van der Waals surface area contributed by atoms with Crippen molar-refractivity contribution in [1.82, 2.24) is 10.2 Å². The Morgan fingerprint density at radius 1 is 1.25 bits per heavy atom. The first-order valence-corrected chi connectivity index (χ1v) is 11.7. The Morgan fingerprint density at radius 2 is 1.97 bits per heavy atom. The second kappa shape index (κ2) is 8.25. The van der Waals surface area contributed by atoms with Gasteiger partial charge in [-0.1, -0.05) is 18.2 Å². The molecule has 1 aromatic rings. The highest BCUT2D eigenvalue weighted by Gasteiger charge is 2.51. The number of ether oxygens (including phenoxy) is 3. The number of nitrogens with zero attached hydrogens (tertiary/aromatic N) is 1. The molecular formula is C25H36N2O5. The molecule has 2 amide bonds. The van der Waals surface area contributed by atoms with E-state index in [0.29, 0.717) is 13.1 Å². The lowest BCUT2D eigenvalue weighted by Gasteiger charge is -2.53. The van der Waals surface area contributed by atoms with E-state index in [1.807, 2.05) is 23.1 Å². The van der Waals surface area contributed by atoms with E-state index in [1.165, 1.54) is 0 Å². The molecule has 3 aliphatic heterocycles. The van der Waals surface area contributed by atoms with Crippen LogP contribution in [0.5, 0.6) is 5.75 Å². The van der Waals surface area contributed by atoms with Gasteiger partial charge in [-0.15, -0.1) is 0 Å². The van der Waals surface area contributed by atoms with Crippen LogP contribution in [0.3, 0.4) is 0 Å². The maximum absolute atomic E-state index is 13.0. The Bertz CT molecular complexity index is 877. The number of carbonyl (C=O) groups excluding carboxylic acids is 2. The van der Waals surface area contributed by atoms with Crippen molar-refractivity contribution in [3.05, 3.63) is 29.8 Å². The topological polar surface area (TPSA) is 77.1 Å². The fraction of sp³-hybridized carbons (Fsp3) is 0.680. The maximum Gasteiger partial charge on any atom is 0.408 e. The summed E-state index contributed by atoms with van der Waals surface area (Å²) in [5.41, 5.74) is 0.181. The molecule has 0 aromatic heterocycles. The minimum atomic E-state index is -0.639. The molecule has 0 bridgehead atoms. The van der Waals surface area contributed by atoms with Crippen molar-refractivity contribution in [1.29, 1.82) is 0 Å². The monoisotopic (exact) mass is 444 g/mol. The van der Waals surface area contributed by atoms with E-state index >= 15 is 0 Å². The van der Waals surface area contributed by atoms with Gasteiger partial charge in [0.25, 0.3) is 0 Å². The first kappa shape index (κ1) is 22.9. The minimum absolute atomic E-state index is 0.0196. The number of hydrogen-bond donors (Lipinski definition) is 1. The summed E-state index contributed by atoms with van der Waals surface area (Å²) >= 11 is 0. The van der Waals surface area contributed by atoms with Gasteiger partial charge in [0.15, 0.2) is 0 Å². The molecule has 5 atom stereocenters. The van der Waals surface area contributed by atoms with Crippen LogP contribution in [0.15, 0.2) is 24.3 Å². The third-order valence-electron chi connectivity index (χ3n) is 6.81. The molecule has 2 fully saturated rings. The van der Waals surface area contributed by atoms with Crippen LogP contribution in [0.1, 0.15) is 66.1 Å². The van der Waals surface area contributed by atoms with Crippen LogP contribution in [0, 0.1) is 11.8 Å². The van der Waals surface area contributed by atoms with Crippen molar-refractivity contribution in [2.75, 3.05) is 13.1 Å². The van der Waals surface area contributed by atoms with Gasteiger partial charge in [-0.25, -0.2) is 4.79 Å². The van der Waals surface area contributed by atoms with Crippen LogP contribution < -0.4 is 10.1 Å². The van der Waals surface area contributed by atoms with Crippen LogP contribution in [-0.2, 0) is 14.3 Å². The number of fused-ring (bicyclic) bond motifs is 4. The summed E-state index contributed by atoms with van der Waals surface area (Å²) in [7, 11) is 0. The molecule has 1 N–H and O–H groups in total. The van der Waals surface area contributed by atoms with E-state index in [9.17, 15) is 9.59 Å². The molecule has 0 spiro atoms. The van der Waals surface area contributed by atoms with E-state index in [1.54, 1.807) is 27.7 Å². The van der Waals surface area contributed by atoms with Gasteiger partial charge in [0.05, 0.1) is 12.2 Å². The molecule has 0 unspecified atom stereocenters. The number of para-hydroxylation sites is 1. The number of piperidine rings is 1. The van der Waals surface area contributed by atoms with Crippen molar-refractivity contribution < 1.29 is 23.8 Å². The Morgan fingerprint density at radius 3 is 2.69 bits per heavy atom. The number of alkyl carbamates (subject to hydrolysis) is 1. The van der Waals surface area contributed by atoms with Crippen molar-refractivity contribution in [3.63, 3.8) is 0 Å². The normalized spacial score (nSPS) is 29.5. The zero-order valence-corrected chi connectivity index (χ0v) is 20.0. The number of carbonyl (C=O) groups is 2. The molecule has 3 heterocycles. The second-order valence-corrected chi connectivity index (χ2v) is 10.9. The highest BCUT2D eigenvalue weighted by atomic mass is 16.6. The molecule has 0 saturated carbocycles. The van der Waals surface area contributed by atoms with Crippen LogP contribution in [0.4, 0.5) is 4.79 Å². The molecule has 0 radical (unpaired) electrons. The zero-order chi connectivity index (χ0) is 23.3. The fourth-order valence-electron chi connectivity index (χ4n) is 5.28. The number of amides is 2. The quantitative estimate of drug-likeness (QED) is 0.744. The van der Waals surface area contributed by atoms with Crippen molar-refractivity contribution in [2.24, 2.45) is 11.8 Å². The Kier molecular flexibility index (Phi) is 5.90. The van der Waals surface area contributed by atoms with Gasteiger partial charge in [-0.05, 0) is 60.5 Å². The average molecular weight is 445 g/mol. The highest BCUT2D eigenvalue weighted by molar-refractivity contribution is 5.85. The summed E-state index contributed by atoms with van der Waals surface area (Å²) in [6.07, 6.45) is 1.30. The summed E-state index contributed by atoms with van der Waals surface area (Å²) in [6, 6.07) is 7.51. The minimum Gasteiger partial charge on any atom is -0.487 e. The molecule has 2 saturated heterocycles. The lowest BCUT2D eigenvalue weighted by Crippen LogP contribution is -2.57. The Hall–Kier alpha value is -2.28. The van der Waals surface area contributed by atoms with Gasteiger partial charge in [0.2, 0.25) is 5.91 Å². The standard InChI is InChI=1S/C25H36N2O5/c1-15(26-23(29)32-24(2,3)4)22(28)27-12-11-19-16(14-27)13-18-21(30-19)17-9-7-8-10-20(17)31-25(18,5)6/h7-10,15-16,18-19,21H,11-14H2,1-6H3,(H,26,29)/t15-,16+,18-,19-,21+/m0/s1. The largest absolute Gasteiger partial charge is 0.487 e. The van der Waals surface area contributed by atoms with Gasteiger partial charge in [-0.2, -0.15) is 0 Å². The molecule has 32 heavy (non-hydrogen) atoms. The van der Waals surface area contributed by atoms with E-state index in [4.69, 9.17) is 14.2 Å². The molecule has 1 aromatic carbocycles. The number of nitrogens with one attached hydrogen (secondary N) is 1. The number of hydrogen-bond acceptors (Lipinski definition) is 5. The van der Waals surface area contributed by atoms with Gasteiger partial charge < -0.3 is 24.4 Å². The van der Waals surface area contributed by atoms with E-state index < -0.39 is 17.7 Å². The summed E-state index contributed by atoms with van der Waals surface area (Å²) in [4.78, 5) is 27.0. The summed E-state index contributed by atoms with van der Waals surface area (Å²) < 4.78 is 18.3. The smallest absolute Gasteiger partial charge is 0.408 e. The molecule has 7 nitrogen and oxygen atoms in total. The predicted octanol–water partition coefficient (Wildman–Crippen LogP) is 4.07. The van der Waals surface area contributed by atoms with Gasteiger partial charge in [0.1, 0.15) is 23.0 Å². The number of likely N-dealkylation sites (tertiary alicyclic amines) is 1. The second-order valence-electron chi connectivity index (χ2n) is 10.9. The third kappa shape index (κ3) is 4.58. The van der Waals surface area contributed by atoms with Crippen LogP contribution in [-0.4, -0.2) is 53.3 Å². The average Bonchev–Trinajstić information content (AvgIpc) is 2.70. The van der Waals surface area contributed by atoms with Crippen LogP contribution in [0.2, 0.25) is 0 Å². The van der Waals surface area contributed by atoms with Crippen LogP contribution in [0.25, 0.3) is 0 Å². The third-order valence-corrected chi connectivity index (χ3v) is 6.81. The molecule has 3 aliphatic rings. The van der Waals surface area contributed by atoms with E-state index in [-0.39, 0.29) is 35.6 Å². The van der Waals surface area contributed by atoms with E-state index in [2.05, 4.69) is 25.2 Å². The number of benzene rings is 1. The lowest BCUT2D eigenvalue weighted by atomic mass is 9.70. The summed E-state index contributed by atoms with van der Waals surface area (Å²) in [5.74, 6) is 1.29. The molecule has 0 aliphatic carbocycles. The van der Waals surface area contributed by atoms with Gasteiger partial charge >= 0.3 is 6.09 Å². The predicted molar refractivity (Wildman–Crippen MR) is 120 cm³/mol. The fourth-order valence-corrected chi connectivity index (χ4v) is 5.28. The molecule has 7 heteroatoms. The Balaban J connectivity index is 1.42. The lowest BCUT2D eigenvalue weighted by molar-refractivity contribution is -0.189. The summed E-state index contributed by atoms with van der Waals surface area (Å²) in [6.45, 7) is 12.6. The van der Waals surface area contributed by atoms with Crippen LogP contribution >= 0.6 is 0 Å². The summed E-state index contributed by atoms with van der Waals surface area (Å²) in [5, 5.41) is 2.67. The zero-order valence-electron chi connectivity index (χ0n) is 20.0. The highest BCUT2D eigenvalue weighted by Crippen LogP contribution is 2.52. The van der Waals surface area contributed by atoms with Crippen molar-refractivity contribution in [2.45, 2.75) is 83.8 Å². The first-order chi connectivity index (χ1) is 14.9. The number of rotatable bonds is 2. The molecule has 176 valence electrons. The maximum atomic E-state index is 13.0. The van der Waals surface area contributed by atoms with Gasteiger partial charge in [-0.3, -0.25) is 4.79 Å². The molecular weight excluding hydrogens is 408 g/mol. The van der Waals surface area contributed by atoms with E-state index in [0.717, 1.165) is 24.2 Å². The van der Waals surface area contributed by atoms with Gasteiger partial charge in [0, 0.05) is 30.5 Å². The molecule has 4 rings (SSSR count). The first-order valence-electron chi connectivity index (χ1n) is 11.7.